The van der Waals surface area contributed by atoms with Crippen LogP contribution in [0.3, 0.4) is 0 Å². The lowest BCUT2D eigenvalue weighted by Gasteiger charge is -2.07. The minimum atomic E-state index is -0.566. The molecular formula is C24H20ClN3O4. The zero-order valence-electron chi connectivity index (χ0n) is 17.5. The largest absolute Gasteiger partial charge is 0.436 e. The van der Waals surface area contributed by atoms with Crippen molar-refractivity contribution in [2.45, 2.75) is 26.2 Å². The van der Waals surface area contributed by atoms with E-state index in [1.54, 1.807) is 24.3 Å². The molecule has 0 radical (unpaired) electrons. The number of oxazole rings is 1. The van der Waals surface area contributed by atoms with Crippen molar-refractivity contribution >= 4 is 40.0 Å². The summed E-state index contributed by atoms with van der Waals surface area (Å²) in [6, 6.07) is 16.8. The van der Waals surface area contributed by atoms with Crippen LogP contribution < -0.4 is 5.32 Å². The molecule has 0 spiro atoms. The third-order valence-corrected chi connectivity index (χ3v) is 5.70. The quantitative estimate of drug-likeness (QED) is 0.257. The van der Waals surface area contributed by atoms with Gasteiger partial charge >= 0.3 is 0 Å². The van der Waals surface area contributed by atoms with E-state index in [0.717, 1.165) is 29.2 Å². The first kappa shape index (κ1) is 21.5. The third kappa shape index (κ3) is 4.33. The van der Waals surface area contributed by atoms with Gasteiger partial charge in [0.15, 0.2) is 5.58 Å². The smallest absolute Gasteiger partial charge is 0.270 e. The Labute approximate surface area is 189 Å². The van der Waals surface area contributed by atoms with Crippen LogP contribution in [0.4, 0.5) is 11.4 Å². The maximum absolute atomic E-state index is 12.5. The third-order valence-electron chi connectivity index (χ3n) is 5.39. The zero-order chi connectivity index (χ0) is 22.8. The van der Waals surface area contributed by atoms with Gasteiger partial charge in [0.25, 0.3) is 11.6 Å². The molecule has 0 saturated carbocycles. The van der Waals surface area contributed by atoms with Crippen LogP contribution in [0.2, 0.25) is 5.02 Å². The number of anilines is 1. The molecule has 1 N–H and O–H groups in total. The van der Waals surface area contributed by atoms with E-state index in [1.165, 1.54) is 17.7 Å². The fourth-order valence-corrected chi connectivity index (χ4v) is 3.57. The van der Waals surface area contributed by atoms with Crippen LogP contribution in [0.1, 0.15) is 42.1 Å². The van der Waals surface area contributed by atoms with Crippen LogP contribution in [0.5, 0.6) is 0 Å². The molecular weight excluding hydrogens is 430 g/mol. The van der Waals surface area contributed by atoms with E-state index in [2.05, 4.69) is 36.3 Å². The van der Waals surface area contributed by atoms with E-state index >= 15 is 0 Å². The van der Waals surface area contributed by atoms with E-state index in [9.17, 15) is 14.9 Å². The highest BCUT2D eigenvalue weighted by molar-refractivity contribution is 6.34. The van der Waals surface area contributed by atoms with E-state index in [4.69, 9.17) is 16.0 Å². The highest BCUT2D eigenvalue weighted by atomic mass is 35.5. The molecule has 0 bridgehead atoms. The number of nitro benzene ring substituents is 1. The molecule has 0 saturated heterocycles. The van der Waals surface area contributed by atoms with E-state index in [0.29, 0.717) is 17.5 Å². The highest BCUT2D eigenvalue weighted by Gasteiger charge is 2.16. The van der Waals surface area contributed by atoms with Crippen molar-refractivity contribution in [1.29, 1.82) is 0 Å². The van der Waals surface area contributed by atoms with Gasteiger partial charge in [-0.2, -0.15) is 0 Å². The van der Waals surface area contributed by atoms with Gasteiger partial charge in [0.05, 0.1) is 15.5 Å². The maximum atomic E-state index is 12.5. The Morgan fingerprint density at radius 2 is 1.91 bits per heavy atom. The predicted octanol–water partition coefficient (Wildman–Crippen LogP) is 6.82. The Morgan fingerprint density at radius 1 is 1.16 bits per heavy atom. The number of rotatable bonds is 6. The number of benzene rings is 3. The van der Waals surface area contributed by atoms with E-state index in [1.807, 2.05) is 6.07 Å². The Morgan fingerprint density at radius 3 is 2.56 bits per heavy atom. The second-order valence-corrected chi connectivity index (χ2v) is 7.92. The first-order valence-electron chi connectivity index (χ1n) is 10.1. The molecule has 1 heterocycles. The van der Waals surface area contributed by atoms with Crippen molar-refractivity contribution < 1.29 is 14.1 Å². The number of non-ortho nitro benzene ring substituents is 1. The van der Waals surface area contributed by atoms with Gasteiger partial charge < -0.3 is 9.73 Å². The number of carbonyl (C=O) groups is 1. The number of nitrogens with zero attached hydrogens (tertiary/aromatic N) is 2. The molecule has 8 heteroatoms. The molecule has 4 rings (SSSR count). The maximum Gasteiger partial charge on any atom is 0.270 e. The summed E-state index contributed by atoms with van der Waals surface area (Å²) >= 11 is 6.03. The number of hydrogen-bond acceptors (Lipinski definition) is 5. The van der Waals surface area contributed by atoms with Crippen molar-refractivity contribution in [1.82, 2.24) is 4.98 Å². The highest BCUT2D eigenvalue weighted by Crippen LogP contribution is 2.29. The van der Waals surface area contributed by atoms with Crippen LogP contribution in [0.25, 0.3) is 22.6 Å². The summed E-state index contributed by atoms with van der Waals surface area (Å²) in [7, 11) is 0. The zero-order valence-corrected chi connectivity index (χ0v) is 18.2. The average Bonchev–Trinajstić information content (AvgIpc) is 3.22. The van der Waals surface area contributed by atoms with Crippen molar-refractivity contribution in [3.63, 3.8) is 0 Å². The fourth-order valence-electron chi connectivity index (χ4n) is 3.31. The van der Waals surface area contributed by atoms with Crippen LogP contribution in [0.15, 0.2) is 65.1 Å². The first-order chi connectivity index (χ1) is 15.4. The van der Waals surface area contributed by atoms with Gasteiger partial charge in [-0.3, -0.25) is 14.9 Å². The van der Waals surface area contributed by atoms with Gasteiger partial charge in [0, 0.05) is 23.4 Å². The predicted molar refractivity (Wildman–Crippen MR) is 124 cm³/mol. The molecule has 0 aliphatic carbocycles. The number of halogens is 1. The Bertz CT molecular complexity index is 1310. The molecule has 0 unspecified atom stereocenters. The minimum absolute atomic E-state index is 0.0107. The lowest BCUT2D eigenvalue weighted by molar-refractivity contribution is -0.384. The van der Waals surface area contributed by atoms with Crippen molar-refractivity contribution in [2.24, 2.45) is 0 Å². The lowest BCUT2D eigenvalue weighted by atomic mass is 9.98. The number of nitro groups is 1. The Balaban J connectivity index is 1.52. The summed E-state index contributed by atoms with van der Waals surface area (Å²) in [5, 5.41) is 13.6. The van der Waals surface area contributed by atoms with E-state index < -0.39 is 10.8 Å². The number of carbonyl (C=O) groups excluding carboxylic acids is 1. The summed E-state index contributed by atoms with van der Waals surface area (Å²) in [4.78, 5) is 27.4. The lowest BCUT2D eigenvalue weighted by Crippen LogP contribution is -2.12. The molecule has 1 atom stereocenters. The average molecular weight is 450 g/mol. The molecule has 0 aliphatic heterocycles. The topological polar surface area (TPSA) is 98.3 Å². The second kappa shape index (κ2) is 8.80. The normalized spacial score (nSPS) is 12.0. The van der Waals surface area contributed by atoms with Crippen LogP contribution >= 0.6 is 11.6 Å². The number of aromatic nitrogens is 1. The molecule has 0 aliphatic rings. The van der Waals surface area contributed by atoms with Gasteiger partial charge in [-0.05, 0) is 60.4 Å². The molecule has 7 nitrogen and oxygen atoms in total. The van der Waals surface area contributed by atoms with E-state index in [-0.39, 0.29) is 16.3 Å². The summed E-state index contributed by atoms with van der Waals surface area (Å²) in [5.41, 5.74) is 4.05. The summed E-state index contributed by atoms with van der Waals surface area (Å²) in [5.74, 6) is 0.487. The molecule has 3 aromatic carbocycles. The van der Waals surface area contributed by atoms with Gasteiger partial charge in [0.1, 0.15) is 5.52 Å². The SMILES string of the molecule is CC[C@H](C)c1ccc2oc(-c3ccc(NC(=O)c4ccc([N+](=O)[O-])cc4Cl)cc3)nc2c1. The second-order valence-electron chi connectivity index (χ2n) is 7.51. The fraction of sp³-hybridized carbons (Fsp3) is 0.167. The standard InChI is InChI=1S/C24H20ClN3O4/c1-3-14(2)16-6-11-22-21(12-16)27-24(32-22)15-4-7-17(8-5-15)26-23(29)19-10-9-18(28(30)31)13-20(19)25/h4-14H,3H2,1-2H3,(H,26,29)/t14-/m0/s1. The summed E-state index contributed by atoms with van der Waals surface area (Å²) in [6.07, 6.45) is 1.05. The van der Waals surface area contributed by atoms with Crippen molar-refractivity contribution in [2.75, 3.05) is 5.32 Å². The number of amides is 1. The van der Waals surface area contributed by atoms with Crippen molar-refractivity contribution in [3.05, 3.63) is 86.9 Å². The molecule has 1 aromatic heterocycles. The molecule has 162 valence electrons. The first-order valence-corrected chi connectivity index (χ1v) is 10.5. The van der Waals surface area contributed by atoms with Crippen LogP contribution in [-0.4, -0.2) is 15.8 Å². The molecule has 1 amide bonds. The number of nitrogens with one attached hydrogen (secondary N) is 1. The minimum Gasteiger partial charge on any atom is -0.436 e. The number of hydrogen-bond donors (Lipinski definition) is 1. The summed E-state index contributed by atoms with van der Waals surface area (Å²) in [6.45, 7) is 4.33. The Kier molecular flexibility index (Phi) is 5.92. The monoisotopic (exact) mass is 449 g/mol. The van der Waals surface area contributed by atoms with Crippen LogP contribution in [-0.2, 0) is 0 Å². The Hall–Kier alpha value is -3.71. The van der Waals surface area contributed by atoms with Crippen LogP contribution in [0, 0.1) is 10.1 Å². The number of fused-ring (bicyclic) bond motifs is 1. The van der Waals surface area contributed by atoms with Gasteiger partial charge in [-0.1, -0.05) is 31.5 Å². The molecule has 32 heavy (non-hydrogen) atoms. The van der Waals surface area contributed by atoms with Gasteiger partial charge in [-0.15, -0.1) is 0 Å². The van der Waals surface area contributed by atoms with Gasteiger partial charge in [-0.25, -0.2) is 4.98 Å². The van der Waals surface area contributed by atoms with Gasteiger partial charge in [0.2, 0.25) is 5.89 Å². The molecule has 4 aromatic rings. The van der Waals surface area contributed by atoms with Crippen molar-refractivity contribution in [3.8, 4) is 11.5 Å². The molecule has 0 fully saturated rings. The summed E-state index contributed by atoms with van der Waals surface area (Å²) < 4.78 is 5.89.